The van der Waals surface area contributed by atoms with Crippen molar-refractivity contribution in [3.63, 3.8) is 0 Å². The van der Waals surface area contributed by atoms with Crippen LogP contribution in [-0.4, -0.2) is 27.4 Å². The Bertz CT molecular complexity index is 447. The number of halogens is 1. The number of rotatable bonds is 3. The van der Waals surface area contributed by atoms with E-state index in [0.717, 1.165) is 6.42 Å². The molecule has 0 spiro atoms. The van der Waals surface area contributed by atoms with Crippen molar-refractivity contribution in [1.29, 1.82) is 0 Å². The van der Waals surface area contributed by atoms with Gasteiger partial charge in [-0.05, 0) is 36.6 Å². The van der Waals surface area contributed by atoms with Crippen LogP contribution in [0.5, 0.6) is 0 Å². The van der Waals surface area contributed by atoms with Crippen molar-refractivity contribution in [2.75, 3.05) is 19.0 Å². The van der Waals surface area contributed by atoms with Crippen molar-refractivity contribution < 1.29 is 13.2 Å². The minimum absolute atomic E-state index is 0.126. The number of benzene rings is 1. The summed E-state index contributed by atoms with van der Waals surface area (Å²) in [5, 5.41) is 0.545. The highest BCUT2D eigenvalue weighted by molar-refractivity contribution is 7.91. The first-order valence-corrected chi connectivity index (χ1v) is 7.17. The van der Waals surface area contributed by atoms with Gasteiger partial charge in [-0.15, -0.1) is 0 Å². The molecule has 0 amide bonds. The Balaban J connectivity index is 2.14. The summed E-state index contributed by atoms with van der Waals surface area (Å²) >= 11 is 5.72. The lowest BCUT2D eigenvalue weighted by Gasteiger charge is -2.08. The number of ether oxygens (including phenoxy) is 1. The minimum Gasteiger partial charge on any atom is -0.381 e. The molecule has 0 saturated carbocycles. The number of sulfone groups is 1. The first-order chi connectivity index (χ1) is 7.58. The Hall–Kier alpha value is -0.580. The molecule has 0 bridgehead atoms. The topological polar surface area (TPSA) is 43.4 Å². The lowest BCUT2D eigenvalue weighted by atomic mass is 10.2. The Labute approximate surface area is 100 Å². The van der Waals surface area contributed by atoms with Crippen LogP contribution in [0.2, 0.25) is 5.02 Å². The van der Waals surface area contributed by atoms with Crippen molar-refractivity contribution in [2.45, 2.75) is 11.3 Å². The molecule has 1 fully saturated rings. The summed E-state index contributed by atoms with van der Waals surface area (Å²) in [6, 6.07) is 6.29. The van der Waals surface area contributed by atoms with Crippen molar-refractivity contribution in [3.05, 3.63) is 29.3 Å². The highest BCUT2D eigenvalue weighted by Crippen LogP contribution is 2.21. The number of hydrogen-bond acceptors (Lipinski definition) is 3. The monoisotopic (exact) mass is 260 g/mol. The van der Waals surface area contributed by atoms with Gasteiger partial charge in [-0.2, -0.15) is 0 Å². The molecule has 1 aromatic carbocycles. The quantitative estimate of drug-likeness (QED) is 0.836. The molecule has 1 heterocycles. The molecule has 0 aromatic heterocycles. The van der Waals surface area contributed by atoms with Gasteiger partial charge >= 0.3 is 0 Å². The molecule has 1 unspecified atom stereocenters. The summed E-state index contributed by atoms with van der Waals surface area (Å²) in [5.41, 5.74) is 0. The molecule has 1 atom stereocenters. The number of hydrogen-bond donors (Lipinski definition) is 0. The molecule has 1 aromatic rings. The smallest absolute Gasteiger partial charge is 0.178 e. The maximum absolute atomic E-state index is 12.0. The highest BCUT2D eigenvalue weighted by atomic mass is 35.5. The third kappa shape index (κ3) is 2.75. The fourth-order valence-corrected chi connectivity index (χ4v) is 3.52. The van der Waals surface area contributed by atoms with E-state index in [2.05, 4.69) is 0 Å². The first-order valence-electron chi connectivity index (χ1n) is 5.14. The standard InChI is InChI=1S/C11H13ClO3S/c12-10-1-3-11(4-2-10)16(13,14)8-9-5-6-15-7-9/h1-4,9H,5-8H2. The first kappa shape index (κ1) is 11.9. The van der Waals surface area contributed by atoms with Crippen LogP contribution < -0.4 is 0 Å². The SMILES string of the molecule is O=S(=O)(CC1CCOC1)c1ccc(Cl)cc1. The second kappa shape index (κ2) is 4.73. The van der Waals surface area contributed by atoms with Crippen molar-refractivity contribution in [1.82, 2.24) is 0 Å². The molecule has 16 heavy (non-hydrogen) atoms. The fourth-order valence-electron chi connectivity index (χ4n) is 1.76. The van der Waals surface area contributed by atoms with Crippen molar-refractivity contribution in [2.24, 2.45) is 5.92 Å². The highest BCUT2D eigenvalue weighted by Gasteiger charge is 2.24. The van der Waals surface area contributed by atoms with E-state index in [4.69, 9.17) is 16.3 Å². The zero-order valence-electron chi connectivity index (χ0n) is 8.73. The lowest BCUT2D eigenvalue weighted by Crippen LogP contribution is -2.16. The van der Waals surface area contributed by atoms with E-state index in [1.54, 1.807) is 24.3 Å². The van der Waals surface area contributed by atoms with Crippen molar-refractivity contribution in [3.8, 4) is 0 Å². The lowest BCUT2D eigenvalue weighted by molar-refractivity contribution is 0.188. The van der Waals surface area contributed by atoms with Crippen LogP contribution in [0, 0.1) is 5.92 Å². The zero-order valence-corrected chi connectivity index (χ0v) is 10.3. The molecule has 0 radical (unpaired) electrons. The molecule has 2 rings (SSSR count). The van der Waals surface area contributed by atoms with Crippen molar-refractivity contribution >= 4 is 21.4 Å². The van der Waals surface area contributed by atoms with Gasteiger partial charge in [-0.1, -0.05) is 11.6 Å². The Morgan fingerprint density at radius 2 is 2.00 bits per heavy atom. The summed E-state index contributed by atoms with van der Waals surface area (Å²) in [5.74, 6) is 0.287. The second-order valence-corrected chi connectivity index (χ2v) is 6.44. The molecule has 1 saturated heterocycles. The normalized spacial score (nSPS) is 21.2. The third-order valence-electron chi connectivity index (χ3n) is 2.65. The summed E-state index contributed by atoms with van der Waals surface area (Å²) in [4.78, 5) is 0.337. The van der Waals surface area contributed by atoms with Crippen LogP contribution >= 0.6 is 11.6 Å². The largest absolute Gasteiger partial charge is 0.381 e. The van der Waals surface area contributed by atoms with Crippen LogP contribution in [0.4, 0.5) is 0 Å². The summed E-state index contributed by atoms with van der Waals surface area (Å²) < 4.78 is 29.2. The molecule has 1 aliphatic rings. The average molecular weight is 261 g/mol. The van der Waals surface area contributed by atoms with Gasteiger partial charge < -0.3 is 4.74 Å². The van der Waals surface area contributed by atoms with Crippen LogP contribution in [0.1, 0.15) is 6.42 Å². The van der Waals surface area contributed by atoms with Crippen LogP contribution in [0.15, 0.2) is 29.2 Å². The predicted octanol–water partition coefficient (Wildman–Crippen LogP) is 2.15. The molecule has 0 aliphatic carbocycles. The molecule has 1 aliphatic heterocycles. The Morgan fingerprint density at radius 3 is 2.56 bits per heavy atom. The fraction of sp³-hybridized carbons (Fsp3) is 0.455. The van der Waals surface area contributed by atoms with E-state index in [0.29, 0.717) is 23.1 Å². The van der Waals surface area contributed by atoms with E-state index in [9.17, 15) is 8.42 Å². The van der Waals surface area contributed by atoms with Gasteiger partial charge in [0.05, 0.1) is 17.3 Å². The Morgan fingerprint density at radius 1 is 1.31 bits per heavy atom. The average Bonchev–Trinajstić information content (AvgIpc) is 2.70. The van der Waals surface area contributed by atoms with Crippen LogP contribution in [0.3, 0.4) is 0 Å². The van der Waals surface area contributed by atoms with E-state index < -0.39 is 9.84 Å². The molecular formula is C11H13ClO3S. The maximum atomic E-state index is 12.0. The van der Waals surface area contributed by atoms with Gasteiger partial charge in [-0.25, -0.2) is 8.42 Å². The molecule has 3 nitrogen and oxygen atoms in total. The second-order valence-electron chi connectivity index (χ2n) is 3.96. The molecule has 88 valence electrons. The van der Waals surface area contributed by atoms with E-state index in [1.165, 1.54) is 0 Å². The predicted molar refractivity (Wildman–Crippen MR) is 62.4 cm³/mol. The Kier molecular flexibility index (Phi) is 3.52. The third-order valence-corrected chi connectivity index (χ3v) is 4.80. The minimum atomic E-state index is -3.20. The van der Waals surface area contributed by atoms with Crippen LogP contribution in [-0.2, 0) is 14.6 Å². The van der Waals surface area contributed by atoms with E-state index in [1.807, 2.05) is 0 Å². The summed E-state index contributed by atoms with van der Waals surface area (Å²) in [7, 11) is -3.20. The van der Waals surface area contributed by atoms with E-state index >= 15 is 0 Å². The zero-order chi connectivity index (χ0) is 11.6. The molecular weight excluding hydrogens is 248 g/mol. The summed E-state index contributed by atoms with van der Waals surface area (Å²) in [6.07, 6.45) is 0.826. The van der Waals surface area contributed by atoms with Gasteiger partial charge in [0.15, 0.2) is 9.84 Å². The van der Waals surface area contributed by atoms with Gasteiger partial charge in [0.1, 0.15) is 0 Å². The van der Waals surface area contributed by atoms with Gasteiger partial charge in [0.25, 0.3) is 0 Å². The maximum Gasteiger partial charge on any atom is 0.178 e. The van der Waals surface area contributed by atoms with E-state index in [-0.39, 0.29) is 11.7 Å². The molecule has 5 heteroatoms. The summed E-state index contributed by atoms with van der Waals surface area (Å²) in [6.45, 7) is 1.22. The van der Waals surface area contributed by atoms with Gasteiger partial charge in [-0.3, -0.25) is 0 Å². The van der Waals surface area contributed by atoms with Gasteiger partial charge in [0.2, 0.25) is 0 Å². The van der Waals surface area contributed by atoms with Gasteiger partial charge in [0, 0.05) is 11.6 Å². The van der Waals surface area contributed by atoms with Crippen LogP contribution in [0.25, 0.3) is 0 Å². The molecule has 0 N–H and O–H groups in total.